The number of aromatic nitrogens is 4. The Labute approximate surface area is 157 Å². The molecule has 0 aliphatic carbocycles. The Bertz CT molecular complexity index is 820. The highest BCUT2D eigenvalue weighted by Crippen LogP contribution is 2.24. The molecule has 9 heteroatoms. The molecule has 0 radical (unpaired) electrons. The summed E-state index contributed by atoms with van der Waals surface area (Å²) in [7, 11) is 0. The van der Waals surface area contributed by atoms with Gasteiger partial charge in [-0.2, -0.15) is 19.1 Å². The molecule has 3 rings (SSSR count). The summed E-state index contributed by atoms with van der Waals surface area (Å²) >= 11 is 0. The minimum atomic E-state index is -2.58. The Hall–Kier alpha value is -2.60. The number of nitriles is 1. The minimum absolute atomic E-state index is 0.358. The molecule has 0 atom stereocenters. The summed E-state index contributed by atoms with van der Waals surface area (Å²) < 4.78 is 26.8. The Morgan fingerprint density at radius 1 is 1.15 bits per heavy atom. The van der Waals surface area contributed by atoms with Crippen molar-refractivity contribution in [1.29, 1.82) is 5.26 Å². The molecule has 1 saturated heterocycles. The number of imidazole rings is 1. The number of halogens is 2. The molecule has 0 bridgehead atoms. The zero-order chi connectivity index (χ0) is 19.4. The summed E-state index contributed by atoms with van der Waals surface area (Å²) in [4.78, 5) is 8.18. The Kier molecular flexibility index (Phi) is 5.96. The minimum Gasteiger partial charge on any atom is -0.351 e. The molecule has 1 fully saturated rings. The summed E-state index contributed by atoms with van der Waals surface area (Å²) in [5.74, 6) is 0.983. The number of piperazine rings is 1. The van der Waals surface area contributed by atoms with Gasteiger partial charge in [0, 0.05) is 38.6 Å². The molecule has 2 aromatic heterocycles. The van der Waals surface area contributed by atoms with Gasteiger partial charge in [-0.3, -0.25) is 9.47 Å². The molecule has 0 saturated carbocycles. The second-order valence-corrected chi connectivity index (χ2v) is 6.43. The van der Waals surface area contributed by atoms with Crippen LogP contribution in [0.1, 0.15) is 43.0 Å². The van der Waals surface area contributed by atoms with Crippen LogP contribution in [0.2, 0.25) is 0 Å². The Balaban J connectivity index is 1.71. The van der Waals surface area contributed by atoms with Crippen LogP contribution in [0.25, 0.3) is 0 Å². The molecule has 0 spiro atoms. The van der Waals surface area contributed by atoms with Crippen LogP contribution >= 0.6 is 0 Å². The molecule has 27 heavy (non-hydrogen) atoms. The van der Waals surface area contributed by atoms with E-state index in [0.717, 1.165) is 28.7 Å². The van der Waals surface area contributed by atoms with E-state index in [1.54, 1.807) is 0 Å². The summed E-state index contributed by atoms with van der Waals surface area (Å²) in [6, 6.07) is 2.30. The van der Waals surface area contributed by atoms with Gasteiger partial charge < -0.3 is 4.90 Å². The lowest BCUT2D eigenvalue weighted by atomic mass is 10.0. The third kappa shape index (κ3) is 3.90. The van der Waals surface area contributed by atoms with Crippen LogP contribution < -0.4 is 4.90 Å². The highest BCUT2D eigenvalue weighted by Gasteiger charge is 2.24. The van der Waals surface area contributed by atoms with Gasteiger partial charge in [-0.15, -0.1) is 5.10 Å². The molecule has 144 valence electrons. The molecule has 0 amide bonds. The lowest BCUT2D eigenvalue weighted by Crippen LogP contribution is -2.47. The maximum Gasteiger partial charge on any atom is 0.319 e. The second-order valence-electron chi connectivity index (χ2n) is 6.43. The van der Waals surface area contributed by atoms with E-state index < -0.39 is 6.55 Å². The first-order valence-electron chi connectivity index (χ1n) is 9.14. The molecule has 3 heterocycles. The van der Waals surface area contributed by atoms with Crippen molar-refractivity contribution in [3.8, 4) is 6.07 Å². The van der Waals surface area contributed by atoms with E-state index in [-0.39, 0.29) is 0 Å². The predicted molar refractivity (Wildman–Crippen MR) is 96.5 cm³/mol. The van der Waals surface area contributed by atoms with Crippen LogP contribution in [0.4, 0.5) is 14.6 Å². The van der Waals surface area contributed by atoms with Crippen LogP contribution in [-0.2, 0) is 19.4 Å². The first-order chi connectivity index (χ1) is 13.1. The molecule has 0 unspecified atom stereocenters. The van der Waals surface area contributed by atoms with E-state index in [1.165, 1.54) is 12.4 Å². The van der Waals surface area contributed by atoms with Crippen molar-refractivity contribution in [3.63, 3.8) is 0 Å². The monoisotopic (exact) mass is 375 g/mol. The van der Waals surface area contributed by atoms with E-state index in [4.69, 9.17) is 0 Å². The van der Waals surface area contributed by atoms with Gasteiger partial charge in [0.05, 0.1) is 12.2 Å². The van der Waals surface area contributed by atoms with Crippen LogP contribution in [0.5, 0.6) is 0 Å². The van der Waals surface area contributed by atoms with E-state index in [2.05, 4.69) is 31.1 Å². The number of alkyl halides is 2. The van der Waals surface area contributed by atoms with Crippen molar-refractivity contribution in [2.45, 2.75) is 39.8 Å². The van der Waals surface area contributed by atoms with Crippen LogP contribution in [0.3, 0.4) is 0 Å². The number of aryl methyl sites for hydroxylation is 1. The molecular formula is C18H23F2N7. The second kappa shape index (κ2) is 8.39. The SMILES string of the molecule is CCc1nnc(N2CCN(Cc3nccn3C(F)F)CC2)c(C#N)c1CC. The topological polar surface area (TPSA) is 73.9 Å². The first-order valence-corrected chi connectivity index (χ1v) is 9.14. The van der Waals surface area contributed by atoms with E-state index in [1.807, 2.05) is 13.8 Å². The lowest BCUT2D eigenvalue weighted by Gasteiger charge is -2.35. The standard InChI is InChI=1S/C18H23F2N7/c1-3-13-14(11-21)17(24-23-15(13)4-2)26-9-7-25(8-10-26)12-16-22-5-6-27(16)18(19)20/h5-6,18H,3-4,7-10,12H2,1-2H3. The maximum absolute atomic E-state index is 13.0. The van der Waals surface area contributed by atoms with Crippen molar-refractivity contribution in [3.05, 3.63) is 35.0 Å². The van der Waals surface area contributed by atoms with Gasteiger partial charge >= 0.3 is 6.55 Å². The van der Waals surface area contributed by atoms with Gasteiger partial charge in [0.15, 0.2) is 5.82 Å². The third-order valence-corrected chi connectivity index (χ3v) is 4.94. The maximum atomic E-state index is 13.0. The quantitative estimate of drug-likeness (QED) is 0.772. The Morgan fingerprint density at radius 2 is 1.89 bits per heavy atom. The lowest BCUT2D eigenvalue weighted by molar-refractivity contribution is 0.0636. The number of anilines is 1. The van der Waals surface area contributed by atoms with Crippen LogP contribution in [-0.4, -0.2) is 50.8 Å². The molecule has 1 aliphatic rings. The summed E-state index contributed by atoms with van der Waals surface area (Å²) in [5.41, 5.74) is 2.44. The smallest absolute Gasteiger partial charge is 0.319 e. The van der Waals surface area contributed by atoms with Crippen molar-refractivity contribution < 1.29 is 8.78 Å². The van der Waals surface area contributed by atoms with Gasteiger partial charge in [-0.05, 0) is 18.4 Å². The average Bonchev–Trinajstić information content (AvgIpc) is 3.15. The highest BCUT2D eigenvalue weighted by atomic mass is 19.3. The van der Waals surface area contributed by atoms with Crippen molar-refractivity contribution in [2.24, 2.45) is 0 Å². The van der Waals surface area contributed by atoms with Crippen molar-refractivity contribution in [2.75, 3.05) is 31.1 Å². The fraction of sp³-hybridized carbons (Fsp3) is 0.556. The average molecular weight is 375 g/mol. The molecule has 0 aromatic carbocycles. The van der Waals surface area contributed by atoms with E-state index >= 15 is 0 Å². The first kappa shape index (κ1) is 19.2. The fourth-order valence-electron chi connectivity index (χ4n) is 3.46. The van der Waals surface area contributed by atoms with Crippen molar-refractivity contribution in [1.82, 2.24) is 24.6 Å². The largest absolute Gasteiger partial charge is 0.351 e. The summed E-state index contributed by atoms with van der Waals surface area (Å²) in [5, 5.41) is 18.3. The van der Waals surface area contributed by atoms with Crippen LogP contribution in [0, 0.1) is 11.3 Å². The zero-order valence-corrected chi connectivity index (χ0v) is 15.6. The molecule has 7 nitrogen and oxygen atoms in total. The normalized spacial score (nSPS) is 15.3. The van der Waals surface area contributed by atoms with E-state index in [9.17, 15) is 14.0 Å². The molecular weight excluding hydrogens is 352 g/mol. The van der Waals surface area contributed by atoms with Gasteiger partial charge in [0.25, 0.3) is 0 Å². The predicted octanol–water partition coefficient (Wildman–Crippen LogP) is 2.39. The summed E-state index contributed by atoms with van der Waals surface area (Å²) in [6.45, 7) is 4.49. The van der Waals surface area contributed by atoms with Gasteiger partial charge in [-0.1, -0.05) is 13.8 Å². The Morgan fingerprint density at radius 3 is 2.48 bits per heavy atom. The number of hydrogen-bond donors (Lipinski definition) is 0. The fourth-order valence-corrected chi connectivity index (χ4v) is 3.46. The highest BCUT2D eigenvalue weighted by molar-refractivity contribution is 5.58. The van der Waals surface area contributed by atoms with E-state index in [0.29, 0.717) is 49.9 Å². The zero-order valence-electron chi connectivity index (χ0n) is 15.6. The van der Waals surface area contributed by atoms with Gasteiger partial charge in [0.2, 0.25) is 0 Å². The molecule has 0 N–H and O–H groups in total. The summed E-state index contributed by atoms with van der Waals surface area (Å²) in [6.07, 6.45) is 4.18. The molecule has 2 aromatic rings. The van der Waals surface area contributed by atoms with Gasteiger partial charge in [0.1, 0.15) is 17.5 Å². The third-order valence-electron chi connectivity index (χ3n) is 4.94. The molecule has 1 aliphatic heterocycles. The number of hydrogen-bond acceptors (Lipinski definition) is 6. The van der Waals surface area contributed by atoms with Crippen molar-refractivity contribution >= 4 is 5.82 Å². The number of rotatable bonds is 6. The number of nitrogens with zero attached hydrogens (tertiary/aromatic N) is 7. The van der Waals surface area contributed by atoms with Gasteiger partial charge in [-0.25, -0.2) is 4.98 Å². The van der Waals surface area contributed by atoms with Crippen LogP contribution in [0.15, 0.2) is 12.4 Å².